The second-order valence-corrected chi connectivity index (χ2v) is 8.17. The average molecular weight is 407 g/mol. The molecule has 0 fully saturated rings. The third-order valence-corrected chi connectivity index (χ3v) is 5.38. The molecule has 0 aliphatic carbocycles. The van der Waals surface area contributed by atoms with Crippen LogP contribution in [0.4, 0.5) is 5.69 Å². The predicted octanol–water partition coefficient (Wildman–Crippen LogP) is 6.90. The minimum Gasteiger partial charge on any atom is -0.322 e. The molecule has 3 nitrogen and oxygen atoms in total. The molecule has 0 aliphatic heterocycles. The third kappa shape index (κ3) is 4.56. The van der Waals surface area contributed by atoms with Gasteiger partial charge in [-0.05, 0) is 62.1 Å². The van der Waals surface area contributed by atoms with Crippen LogP contribution in [0, 0.1) is 27.7 Å². The van der Waals surface area contributed by atoms with Gasteiger partial charge in [-0.2, -0.15) is 0 Å². The van der Waals surface area contributed by atoms with E-state index in [-0.39, 0.29) is 5.91 Å². The largest absolute Gasteiger partial charge is 0.322 e. The van der Waals surface area contributed by atoms with E-state index in [0.29, 0.717) is 5.56 Å². The Labute approximate surface area is 183 Å². The number of hydrogen-bond donors (Lipinski definition) is 1. The molecule has 0 bridgehead atoms. The zero-order valence-electron chi connectivity index (χ0n) is 18.4. The molecule has 0 unspecified atom stereocenters. The van der Waals surface area contributed by atoms with Gasteiger partial charge in [0.1, 0.15) is 0 Å². The first-order valence-corrected chi connectivity index (χ1v) is 10.4. The highest BCUT2D eigenvalue weighted by Gasteiger charge is 2.20. The van der Waals surface area contributed by atoms with Crippen molar-refractivity contribution in [2.75, 3.05) is 5.32 Å². The Morgan fingerprint density at radius 3 is 1.55 bits per heavy atom. The van der Waals surface area contributed by atoms with Crippen LogP contribution in [0.3, 0.4) is 0 Å². The van der Waals surface area contributed by atoms with Crippen molar-refractivity contribution in [1.82, 2.24) is 4.98 Å². The van der Waals surface area contributed by atoms with Crippen molar-refractivity contribution in [3.63, 3.8) is 0 Å². The molecule has 154 valence electrons. The smallest absolute Gasteiger partial charge is 0.257 e. The molecule has 4 rings (SSSR count). The summed E-state index contributed by atoms with van der Waals surface area (Å²) in [6, 6.07) is 22.5. The first-order valence-electron chi connectivity index (χ1n) is 10.4. The van der Waals surface area contributed by atoms with Gasteiger partial charge < -0.3 is 5.32 Å². The standard InChI is InChI=1S/C28H26N2O/c1-18-5-9-22(10-6-18)25-16-29-17-26(23-11-7-19(2)8-12-23)27(25)28(31)30-24-14-20(3)13-21(4)15-24/h5-17H,1-4H3,(H,30,31). The Morgan fingerprint density at radius 2 is 1.10 bits per heavy atom. The molecule has 3 aromatic carbocycles. The maximum atomic E-state index is 13.6. The minimum atomic E-state index is -0.140. The number of pyridine rings is 1. The number of aromatic nitrogens is 1. The average Bonchev–Trinajstić information content (AvgIpc) is 2.73. The number of nitrogens with zero attached hydrogens (tertiary/aromatic N) is 1. The maximum Gasteiger partial charge on any atom is 0.257 e. The number of benzene rings is 3. The number of nitrogens with one attached hydrogen (secondary N) is 1. The summed E-state index contributed by atoms with van der Waals surface area (Å²) < 4.78 is 0. The molecule has 1 heterocycles. The van der Waals surface area contributed by atoms with E-state index in [1.54, 1.807) is 12.4 Å². The quantitative estimate of drug-likeness (QED) is 0.400. The monoisotopic (exact) mass is 406 g/mol. The topological polar surface area (TPSA) is 42.0 Å². The normalized spacial score (nSPS) is 10.7. The van der Waals surface area contributed by atoms with Crippen molar-refractivity contribution in [2.45, 2.75) is 27.7 Å². The van der Waals surface area contributed by atoms with Gasteiger partial charge in [0.25, 0.3) is 5.91 Å². The second kappa shape index (κ2) is 8.57. The van der Waals surface area contributed by atoms with Crippen LogP contribution in [0.15, 0.2) is 79.1 Å². The number of aryl methyl sites for hydroxylation is 4. The first kappa shape index (κ1) is 20.5. The summed E-state index contributed by atoms with van der Waals surface area (Å²) in [6.45, 7) is 8.17. The zero-order valence-corrected chi connectivity index (χ0v) is 18.4. The Kier molecular flexibility index (Phi) is 5.68. The van der Waals surface area contributed by atoms with Crippen molar-refractivity contribution in [3.8, 4) is 22.3 Å². The lowest BCUT2D eigenvalue weighted by Gasteiger charge is -2.16. The van der Waals surface area contributed by atoms with Crippen LogP contribution < -0.4 is 5.32 Å². The fraction of sp³-hybridized carbons (Fsp3) is 0.143. The van der Waals surface area contributed by atoms with Crippen molar-refractivity contribution < 1.29 is 4.79 Å². The number of carbonyl (C=O) groups excluding carboxylic acids is 1. The summed E-state index contributed by atoms with van der Waals surface area (Å²) in [6.07, 6.45) is 3.55. The lowest BCUT2D eigenvalue weighted by molar-refractivity contribution is 0.102. The molecular weight excluding hydrogens is 380 g/mol. The van der Waals surface area contributed by atoms with Crippen LogP contribution in [-0.4, -0.2) is 10.9 Å². The van der Waals surface area contributed by atoms with E-state index in [0.717, 1.165) is 39.1 Å². The Bertz CT molecular complexity index is 1160. The summed E-state index contributed by atoms with van der Waals surface area (Å²) in [4.78, 5) is 18.1. The highest BCUT2D eigenvalue weighted by atomic mass is 16.1. The molecule has 1 N–H and O–H groups in total. The number of hydrogen-bond acceptors (Lipinski definition) is 2. The lowest BCUT2D eigenvalue weighted by Crippen LogP contribution is -2.15. The van der Waals surface area contributed by atoms with E-state index in [1.807, 2.05) is 50.2 Å². The molecule has 1 amide bonds. The van der Waals surface area contributed by atoms with Gasteiger partial charge in [0.15, 0.2) is 0 Å². The van der Waals surface area contributed by atoms with Crippen LogP contribution in [0.25, 0.3) is 22.3 Å². The first-order chi connectivity index (χ1) is 14.9. The number of rotatable bonds is 4. The third-order valence-electron chi connectivity index (χ3n) is 5.38. The Balaban J connectivity index is 1.86. The zero-order chi connectivity index (χ0) is 22.0. The van der Waals surface area contributed by atoms with Gasteiger partial charge in [-0.1, -0.05) is 65.7 Å². The second-order valence-electron chi connectivity index (χ2n) is 8.17. The van der Waals surface area contributed by atoms with E-state index in [1.165, 1.54) is 11.1 Å². The number of anilines is 1. The van der Waals surface area contributed by atoms with E-state index < -0.39 is 0 Å². The van der Waals surface area contributed by atoms with Crippen LogP contribution >= 0.6 is 0 Å². The predicted molar refractivity (Wildman–Crippen MR) is 128 cm³/mol. The number of amides is 1. The van der Waals surface area contributed by atoms with Crippen molar-refractivity contribution in [1.29, 1.82) is 0 Å². The van der Waals surface area contributed by atoms with Gasteiger partial charge in [0.05, 0.1) is 5.56 Å². The van der Waals surface area contributed by atoms with Gasteiger partial charge >= 0.3 is 0 Å². The molecule has 0 saturated carbocycles. The van der Waals surface area contributed by atoms with E-state index in [2.05, 4.69) is 54.5 Å². The molecule has 0 atom stereocenters. The molecule has 1 aromatic heterocycles. The summed E-state index contributed by atoms with van der Waals surface area (Å²) in [5.41, 5.74) is 9.58. The van der Waals surface area contributed by atoms with Crippen LogP contribution in [0.1, 0.15) is 32.6 Å². The molecule has 0 saturated heterocycles. The van der Waals surface area contributed by atoms with Crippen LogP contribution in [0.2, 0.25) is 0 Å². The molecule has 0 radical (unpaired) electrons. The highest BCUT2D eigenvalue weighted by molar-refractivity contribution is 6.13. The van der Waals surface area contributed by atoms with Gasteiger partial charge in [-0.3, -0.25) is 9.78 Å². The molecule has 31 heavy (non-hydrogen) atoms. The van der Waals surface area contributed by atoms with Gasteiger partial charge in [-0.15, -0.1) is 0 Å². The van der Waals surface area contributed by atoms with E-state index >= 15 is 0 Å². The summed E-state index contributed by atoms with van der Waals surface area (Å²) >= 11 is 0. The molecular formula is C28H26N2O. The summed E-state index contributed by atoms with van der Waals surface area (Å²) in [5, 5.41) is 3.12. The van der Waals surface area contributed by atoms with E-state index in [4.69, 9.17) is 0 Å². The Hall–Kier alpha value is -3.72. The molecule has 0 aliphatic rings. The van der Waals surface area contributed by atoms with Gasteiger partial charge in [-0.25, -0.2) is 0 Å². The fourth-order valence-corrected chi connectivity index (χ4v) is 3.85. The molecule has 4 aromatic rings. The van der Waals surface area contributed by atoms with Crippen molar-refractivity contribution in [3.05, 3.63) is 107 Å². The SMILES string of the molecule is Cc1ccc(-c2cncc(-c3ccc(C)cc3)c2C(=O)Nc2cc(C)cc(C)c2)cc1. The van der Waals surface area contributed by atoms with Crippen LogP contribution in [-0.2, 0) is 0 Å². The van der Waals surface area contributed by atoms with Gasteiger partial charge in [0.2, 0.25) is 0 Å². The maximum absolute atomic E-state index is 13.6. The fourth-order valence-electron chi connectivity index (χ4n) is 3.85. The van der Waals surface area contributed by atoms with Crippen molar-refractivity contribution >= 4 is 11.6 Å². The van der Waals surface area contributed by atoms with E-state index in [9.17, 15) is 4.79 Å². The summed E-state index contributed by atoms with van der Waals surface area (Å²) in [7, 11) is 0. The van der Waals surface area contributed by atoms with Crippen molar-refractivity contribution in [2.24, 2.45) is 0 Å². The minimum absolute atomic E-state index is 0.140. The van der Waals surface area contributed by atoms with Gasteiger partial charge in [0, 0.05) is 29.2 Å². The van der Waals surface area contributed by atoms with Crippen LogP contribution in [0.5, 0.6) is 0 Å². The number of carbonyl (C=O) groups is 1. The molecule has 0 spiro atoms. The highest BCUT2D eigenvalue weighted by Crippen LogP contribution is 2.33. The Morgan fingerprint density at radius 1 is 0.645 bits per heavy atom. The summed E-state index contributed by atoms with van der Waals surface area (Å²) in [5.74, 6) is -0.140. The lowest BCUT2D eigenvalue weighted by atomic mass is 9.93. The molecule has 3 heteroatoms.